The Bertz CT molecular complexity index is 451. The minimum Gasteiger partial charge on any atom is -0.459 e. The van der Waals surface area contributed by atoms with Gasteiger partial charge in [0.2, 0.25) is 5.91 Å². The summed E-state index contributed by atoms with van der Waals surface area (Å²) in [4.78, 5) is 23.5. The van der Waals surface area contributed by atoms with Crippen LogP contribution in [-0.4, -0.2) is 37.6 Å². The predicted molar refractivity (Wildman–Crippen MR) is 67.6 cm³/mol. The Hall–Kier alpha value is -1.82. The summed E-state index contributed by atoms with van der Waals surface area (Å²) in [5.74, 6) is -0.419. The number of nitrogens with one attached hydrogen (secondary N) is 2. The summed E-state index contributed by atoms with van der Waals surface area (Å²) < 4.78 is 10.1. The van der Waals surface area contributed by atoms with Crippen LogP contribution in [0.5, 0.6) is 0 Å². The maximum Gasteiger partial charge on any atom is 0.287 e. The summed E-state index contributed by atoms with van der Waals surface area (Å²) in [6, 6.07) is 2.56. The molecule has 0 bridgehead atoms. The largest absolute Gasteiger partial charge is 0.459 e. The molecule has 2 rings (SSSR count). The molecule has 0 saturated carbocycles. The first kappa shape index (κ1) is 13.6. The van der Waals surface area contributed by atoms with Crippen LogP contribution in [0, 0.1) is 5.41 Å². The van der Waals surface area contributed by atoms with E-state index in [0.717, 1.165) is 0 Å². The Morgan fingerprint density at radius 3 is 2.74 bits per heavy atom. The lowest BCUT2D eigenvalue weighted by Gasteiger charge is -2.38. The molecule has 0 radical (unpaired) electrons. The molecule has 1 aromatic rings. The van der Waals surface area contributed by atoms with Gasteiger partial charge in [-0.15, -0.1) is 0 Å². The minimum absolute atomic E-state index is 0.0143. The normalized spacial score (nSPS) is 18.2. The first-order valence-corrected chi connectivity index (χ1v) is 6.20. The SMILES string of the molecule is CC(NC(=O)c1ccco1)C(=O)NCC1(C)COC1. The lowest BCUT2D eigenvalue weighted by Crippen LogP contribution is -2.52. The maximum atomic E-state index is 11.8. The van der Waals surface area contributed by atoms with Crippen LogP contribution < -0.4 is 10.6 Å². The van der Waals surface area contributed by atoms with Crippen molar-refractivity contribution in [3.8, 4) is 0 Å². The van der Waals surface area contributed by atoms with E-state index in [9.17, 15) is 9.59 Å². The van der Waals surface area contributed by atoms with Crippen molar-refractivity contribution in [1.29, 1.82) is 0 Å². The van der Waals surface area contributed by atoms with Crippen LogP contribution in [-0.2, 0) is 9.53 Å². The second-order valence-corrected chi connectivity index (χ2v) is 5.19. The lowest BCUT2D eigenvalue weighted by molar-refractivity contribution is -0.128. The summed E-state index contributed by atoms with van der Waals surface area (Å²) in [5, 5.41) is 5.39. The predicted octanol–water partition coefficient (Wildman–Crippen LogP) is 0.551. The average Bonchev–Trinajstić information content (AvgIpc) is 2.87. The topological polar surface area (TPSA) is 80.6 Å². The van der Waals surface area contributed by atoms with Crippen LogP contribution >= 0.6 is 0 Å². The number of carbonyl (C=O) groups is 2. The third-order valence-corrected chi connectivity index (χ3v) is 3.08. The minimum atomic E-state index is -0.609. The van der Waals surface area contributed by atoms with Crippen molar-refractivity contribution in [2.75, 3.05) is 19.8 Å². The van der Waals surface area contributed by atoms with E-state index in [1.807, 2.05) is 6.92 Å². The number of hydrogen-bond acceptors (Lipinski definition) is 4. The van der Waals surface area contributed by atoms with Gasteiger partial charge in [-0.2, -0.15) is 0 Å². The van der Waals surface area contributed by atoms with Gasteiger partial charge in [-0.3, -0.25) is 9.59 Å². The number of hydrogen-bond donors (Lipinski definition) is 2. The molecule has 2 N–H and O–H groups in total. The Morgan fingerprint density at radius 2 is 2.21 bits per heavy atom. The third kappa shape index (κ3) is 3.35. The second kappa shape index (κ2) is 5.44. The molecule has 1 unspecified atom stereocenters. The Labute approximate surface area is 111 Å². The van der Waals surface area contributed by atoms with E-state index >= 15 is 0 Å². The average molecular weight is 266 g/mol. The van der Waals surface area contributed by atoms with E-state index in [4.69, 9.17) is 9.15 Å². The first-order chi connectivity index (χ1) is 9.00. The van der Waals surface area contributed by atoms with Crippen molar-refractivity contribution in [1.82, 2.24) is 10.6 Å². The van der Waals surface area contributed by atoms with Gasteiger partial charge < -0.3 is 19.8 Å². The summed E-state index contributed by atoms with van der Waals surface area (Å²) >= 11 is 0. The molecule has 1 fully saturated rings. The van der Waals surface area contributed by atoms with Gasteiger partial charge in [0, 0.05) is 12.0 Å². The molecule has 0 aliphatic carbocycles. The highest BCUT2D eigenvalue weighted by atomic mass is 16.5. The first-order valence-electron chi connectivity index (χ1n) is 6.20. The summed E-state index contributed by atoms with van der Waals surface area (Å²) in [6.45, 7) is 5.53. The number of ether oxygens (including phenoxy) is 1. The van der Waals surface area contributed by atoms with E-state index in [-0.39, 0.29) is 17.1 Å². The molecule has 6 nitrogen and oxygen atoms in total. The highest BCUT2D eigenvalue weighted by molar-refractivity contribution is 5.95. The Balaban J connectivity index is 1.77. The summed E-state index contributed by atoms with van der Waals surface area (Å²) in [6.07, 6.45) is 1.41. The molecule has 6 heteroatoms. The van der Waals surface area contributed by atoms with E-state index in [1.54, 1.807) is 19.1 Å². The highest BCUT2D eigenvalue weighted by Gasteiger charge is 2.34. The standard InChI is InChI=1S/C13H18N2O4/c1-9(15-12(17)10-4-3-5-19-10)11(16)14-6-13(2)7-18-8-13/h3-5,9H,6-8H2,1-2H3,(H,14,16)(H,15,17). The number of rotatable bonds is 5. The molecule has 1 aromatic heterocycles. The number of furan rings is 1. The van der Waals surface area contributed by atoms with Gasteiger partial charge in [0.05, 0.1) is 19.5 Å². The Morgan fingerprint density at radius 1 is 1.47 bits per heavy atom. The van der Waals surface area contributed by atoms with E-state index < -0.39 is 11.9 Å². The van der Waals surface area contributed by atoms with Gasteiger partial charge >= 0.3 is 0 Å². The number of amides is 2. The fourth-order valence-electron chi connectivity index (χ4n) is 1.75. The maximum absolute atomic E-state index is 11.8. The molecule has 19 heavy (non-hydrogen) atoms. The quantitative estimate of drug-likeness (QED) is 0.815. The van der Waals surface area contributed by atoms with Crippen LogP contribution in [0.4, 0.5) is 0 Å². The van der Waals surface area contributed by atoms with Crippen LogP contribution in [0.25, 0.3) is 0 Å². The summed E-state index contributed by atoms with van der Waals surface area (Å²) in [7, 11) is 0. The molecular weight excluding hydrogens is 248 g/mol. The van der Waals surface area contributed by atoms with Gasteiger partial charge in [-0.05, 0) is 19.1 Å². The fourth-order valence-corrected chi connectivity index (χ4v) is 1.75. The van der Waals surface area contributed by atoms with Crippen LogP contribution in [0.1, 0.15) is 24.4 Å². The molecule has 2 heterocycles. The van der Waals surface area contributed by atoms with Gasteiger partial charge in [-0.25, -0.2) is 0 Å². The molecule has 104 valence electrons. The van der Waals surface area contributed by atoms with Gasteiger partial charge in [0.15, 0.2) is 5.76 Å². The Kier molecular flexibility index (Phi) is 3.90. The van der Waals surface area contributed by atoms with Crippen molar-refractivity contribution in [2.24, 2.45) is 5.41 Å². The van der Waals surface area contributed by atoms with Crippen molar-refractivity contribution < 1.29 is 18.7 Å². The molecular formula is C13H18N2O4. The van der Waals surface area contributed by atoms with Crippen molar-refractivity contribution >= 4 is 11.8 Å². The van der Waals surface area contributed by atoms with Gasteiger partial charge in [0.25, 0.3) is 5.91 Å². The third-order valence-electron chi connectivity index (χ3n) is 3.08. The molecule has 1 atom stereocenters. The number of carbonyl (C=O) groups excluding carboxylic acids is 2. The second-order valence-electron chi connectivity index (χ2n) is 5.19. The molecule has 0 aromatic carbocycles. The van der Waals surface area contributed by atoms with Gasteiger partial charge in [0.1, 0.15) is 6.04 Å². The van der Waals surface area contributed by atoms with E-state index in [2.05, 4.69) is 10.6 Å². The monoisotopic (exact) mass is 266 g/mol. The fraction of sp³-hybridized carbons (Fsp3) is 0.538. The molecule has 1 aliphatic heterocycles. The molecule has 1 saturated heterocycles. The zero-order valence-corrected chi connectivity index (χ0v) is 11.1. The van der Waals surface area contributed by atoms with Crippen LogP contribution in [0.2, 0.25) is 0 Å². The lowest BCUT2D eigenvalue weighted by atomic mass is 9.89. The van der Waals surface area contributed by atoms with Crippen LogP contribution in [0.3, 0.4) is 0 Å². The van der Waals surface area contributed by atoms with E-state index in [0.29, 0.717) is 19.8 Å². The smallest absolute Gasteiger partial charge is 0.287 e. The highest BCUT2D eigenvalue weighted by Crippen LogP contribution is 2.24. The zero-order chi connectivity index (χ0) is 13.9. The van der Waals surface area contributed by atoms with Gasteiger partial charge in [-0.1, -0.05) is 6.92 Å². The molecule has 2 amide bonds. The zero-order valence-electron chi connectivity index (χ0n) is 11.1. The van der Waals surface area contributed by atoms with Crippen LogP contribution in [0.15, 0.2) is 22.8 Å². The van der Waals surface area contributed by atoms with Crippen molar-refractivity contribution in [3.05, 3.63) is 24.2 Å². The molecule has 0 spiro atoms. The van der Waals surface area contributed by atoms with Crippen molar-refractivity contribution in [3.63, 3.8) is 0 Å². The summed E-state index contributed by atoms with van der Waals surface area (Å²) in [5.41, 5.74) is 0.0143. The van der Waals surface area contributed by atoms with E-state index in [1.165, 1.54) is 6.26 Å². The van der Waals surface area contributed by atoms with Crippen molar-refractivity contribution in [2.45, 2.75) is 19.9 Å². The molecule has 1 aliphatic rings.